The lowest BCUT2D eigenvalue weighted by molar-refractivity contribution is -0.145. The third kappa shape index (κ3) is 4.34. The lowest BCUT2D eigenvalue weighted by Crippen LogP contribution is -2.22. The van der Waals surface area contributed by atoms with Crippen molar-refractivity contribution < 1.29 is 24.6 Å². The summed E-state index contributed by atoms with van der Waals surface area (Å²) in [5, 5.41) is 17.2. The maximum atomic E-state index is 12.1. The molecule has 1 aromatic rings. The molecular weight excluding hydrogens is 304 g/mol. The first-order valence-electron chi connectivity index (χ1n) is 7.25. The van der Waals surface area contributed by atoms with Gasteiger partial charge in [-0.1, -0.05) is 17.8 Å². The van der Waals surface area contributed by atoms with E-state index in [-0.39, 0.29) is 12.8 Å². The van der Waals surface area contributed by atoms with E-state index in [1.807, 2.05) is 18.2 Å². The Hall–Kier alpha value is -1.82. The summed E-state index contributed by atoms with van der Waals surface area (Å²) < 4.78 is 0. The third-order valence-corrected chi connectivity index (χ3v) is 4.74. The first kappa shape index (κ1) is 16.5. The number of carboxylic acid groups (broad SMARTS) is 2. The fraction of sp³-hybridized carbons (Fsp3) is 0.438. The summed E-state index contributed by atoms with van der Waals surface area (Å²) in [6, 6.07) is 5.78. The van der Waals surface area contributed by atoms with Crippen molar-refractivity contribution in [2.75, 3.05) is 0 Å². The molecule has 2 rings (SSSR count). The van der Waals surface area contributed by atoms with Gasteiger partial charge in [-0.25, -0.2) is 0 Å². The highest BCUT2D eigenvalue weighted by Crippen LogP contribution is 2.29. The van der Waals surface area contributed by atoms with Gasteiger partial charge in [-0.3, -0.25) is 14.4 Å². The Balaban J connectivity index is 2.05. The summed E-state index contributed by atoms with van der Waals surface area (Å²) in [6.07, 6.45) is 3.83. The van der Waals surface area contributed by atoms with Crippen LogP contribution in [0.4, 0.5) is 0 Å². The first-order valence-corrected chi connectivity index (χ1v) is 8.07. The number of fused-ring (bicyclic) bond motifs is 1. The van der Waals surface area contributed by atoms with Crippen molar-refractivity contribution in [2.45, 2.75) is 43.4 Å². The number of benzene rings is 1. The summed E-state index contributed by atoms with van der Waals surface area (Å²) in [5.74, 6) is -3.65. The van der Waals surface area contributed by atoms with Crippen LogP contribution in [-0.4, -0.2) is 27.3 Å². The molecule has 0 saturated heterocycles. The average molecular weight is 322 g/mol. The molecule has 0 aliphatic heterocycles. The molecule has 0 aromatic heterocycles. The molecule has 1 unspecified atom stereocenters. The lowest BCUT2D eigenvalue weighted by atomic mass is 9.92. The highest BCUT2D eigenvalue weighted by molar-refractivity contribution is 8.13. The van der Waals surface area contributed by atoms with Crippen LogP contribution < -0.4 is 0 Å². The van der Waals surface area contributed by atoms with E-state index < -0.39 is 23.0 Å². The molecule has 0 saturated carbocycles. The Bertz CT molecular complexity index is 596. The second kappa shape index (κ2) is 7.45. The Morgan fingerprint density at radius 3 is 2.41 bits per heavy atom. The highest BCUT2D eigenvalue weighted by atomic mass is 32.2. The van der Waals surface area contributed by atoms with E-state index in [2.05, 4.69) is 0 Å². The highest BCUT2D eigenvalue weighted by Gasteiger charge is 2.27. The van der Waals surface area contributed by atoms with E-state index in [4.69, 9.17) is 10.2 Å². The number of carboxylic acids is 2. The van der Waals surface area contributed by atoms with Crippen LogP contribution >= 0.6 is 11.8 Å². The number of aliphatic carboxylic acids is 2. The van der Waals surface area contributed by atoms with E-state index in [1.54, 1.807) is 0 Å². The molecule has 6 heteroatoms. The van der Waals surface area contributed by atoms with E-state index in [0.29, 0.717) is 0 Å². The van der Waals surface area contributed by atoms with Crippen molar-refractivity contribution in [3.63, 3.8) is 0 Å². The average Bonchev–Trinajstić information content (AvgIpc) is 2.46. The van der Waals surface area contributed by atoms with Crippen LogP contribution in [0.3, 0.4) is 0 Å². The van der Waals surface area contributed by atoms with Crippen LogP contribution in [0, 0.1) is 5.92 Å². The second-order valence-electron chi connectivity index (χ2n) is 5.38. The fourth-order valence-electron chi connectivity index (χ4n) is 2.57. The summed E-state index contributed by atoms with van der Waals surface area (Å²) in [5.41, 5.74) is 2.52. The van der Waals surface area contributed by atoms with Gasteiger partial charge in [0, 0.05) is 11.3 Å². The zero-order valence-electron chi connectivity index (χ0n) is 12.1. The molecule has 2 N–H and O–H groups in total. The van der Waals surface area contributed by atoms with Crippen LogP contribution in [0.1, 0.15) is 36.8 Å². The van der Waals surface area contributed by atoms with Gasteiger partial charge in [0.15, 0.2) is 0 Å². The molecule has 0 spiro atoms. The summed E-state index contributed by atoms with van der Waals surface area (Å²) >= 11 is 0.892. The fourth-order valence-corrected chi connectivity index (χ4v) is 3.50. The van der Waals surface area contributed by atoms with Crippen LogP contribution in [0.2, 0.25) is 0 Å². The molecule has 5 nitrogen and oxygen atoms in total. The largest absolute Gasteiger partial charge is 0.481 e. The first-order chi connectivity index (χ1) is 10.5. The Morgan fingerprint density at radius 2 is 1.77 bits per heavy atom. The molecule has 1 atom stereocenters. The quantitative estimate of drug-likeness (QED) is 0.618. The van der Waals surface area contributed by atoms with Gasteiger partial charge in [0.25, 0.3) is 0 Å². The SMILES string of the molecule is O=C(O)CCC(C(=O)O)C(=O)Sc1ccc2c(c1)CCCC2. The minimum atomic E-state index is -1.28. The summed E-state index contributed by atoms with van der Waals surface area (Å²) in [6.45, 7) is 0. The number of aryl methyl sites for hydroxylation is 2. The topological polar surface area (TPSA) is 91.7 Å². The smallest absolute Gasteiger partial charge is 0.315 e. The number of rotatable bonds is 6. The van der Waals surface area contributed by atoms with Gasteiger partial charge >= 0.3 is 11.9 Å². The number of hydrogen-bond donors (Lipinski definition) is 2. The van der Waals surface area contributed by atoms with Gasteiger partial charge in [-0.05, 0) is 55.4 Å². The third-order valence-electron chi connectivity index (χ3n) is 3.77. The normalized spacial score (nSPS) is 14.9. The van der Waals surface area contributed by atoms with Crippen LogP contribution in [0.5, 0.6) is 0 Å². The molecule has 0 heterocycles. The second-order valence-corrected chi connectivity index (χ2v) is 6.46. The molecule has 0 bridgehead atoms. The molecule has 1 aromatic carbocycles. The molecule has 118 valence electrons. The number of carbonyl (C=O) groups excluding carboxylic acids is 1. The molecule has 1 aliphatic rings. The maximum absolute atomic E-state index is 12.1. The predicted molar refractivity (Wildman–Crippen MR) is 81.9 cm³/mol. The maximum Gasteiger partial charge on any atom is 0.315 e. The number of thioether (sulfide) groups is 1. The van der Waals surface area contributed by atoms with E-state index >= 15 is 0 Å². The van der Waals surface area contributed by atoms with Gasteiger partial charge in [-0.15, -0.1) is 0 Å². The van der Waals surface area contributed by atoms with Crippen molar-refractivity contribution >= 4 is 28.8 Å². The Kier molecular flexibility index (Phi) is 5.60. The van der Waals surface area contributed by atoms with Crippen molar-refractivity contribution in [3.05, 3.63) is 29.3 Å². The van der Waals surface area contributed by atoms with E-state index in [0.717, 1.165) is 35.9 Å². The lowest BCUT2D eigenvalue weighted by Gasteiger charge is -2.16. The molecular formula is C16H18O5S. The van der Waals surface area contributed by atoms with Gasteiger partial charge in [-0.2, -0.15) is 0 Å². The molecule has 0 fully saturated rings. The van der Waals surface area contributed by atoms with Crippen molar-refractivity contribution in [2.24, 2.45) is 5.92 Å². The van der Waals surface area contributed by atoms with Crippen molar-refractivity contribution in [1.29, 1.82) is 0 Å². The van der Waals surface area contributed by atoms with Gasteiger partial charge < -0.3 is 10.2 Å². The van der Waals surface area contributed by atoms with Crippen LogP contribution in [0.15, 0.2) is 23.1 Å². The molecule has 0 amide bonds. The zero-order valence-corrected chi connectivity index (χ0v) is 12.9. The van der Waals surface area contributed by atoms with Crippen molar-refractivity contribution in [1.82, 2.24) is 0 Å². The minimum Gasteiger partial charge on any atom is -0.481 e. The van der Waals surface area contributed by atoms with Gasteiger partial charge in [0.2, 0.25) is 5.12 Å². The standard InChI is InChI=1S/C16H18O5S/c17-14(18)8-7-13(15(19)20)16(21)22-12-6-5-10-3-1-2-4-11(10)9-12/h5-6,9,13H,1-4,7-8H2,(H,17,18)(H,19,20). The van der Waals surface area contributed by atoms with Crippen LogP contribution in [-0.2, 0) is 27.2 Å². The summed E-state index contributed by atoms with van der Waals surface area (Å²) in [7, 11) is 0. The number of carbonyl (C=O) groups is 3. The van der Waals surface area contributed by atoms with E-state index in [1.165, 1.54) is 17.5 Å². The Morgan fingerprint density at radius 1 is 1.09 bits per heavy atom. The van der Waals surface area contributed by atoms with E-state index in [9.17, 15) is 14.4 Å². The van der Waals surface area contributed by atoms with Crippen molar-refractivity contribution in [3.8, 4) is 0 Å². The van der Waals surface area contributed by atoms with Gasteiger partial charge in [0.05, 0.1) is 0 Å². The number of hydrogen-bond acceptors (Lipinski definition) is 4. The predicted octanol–water partition coefficient (Wildman–Crippen LogP) is 2.75. The molecule has 0 radical (unpaired) electrons. The Labute approximate surface area is 132 Å². The van der Waals surface area contributed by atoms with Gasteiger partial charge in [0.1, 0.15) is 5.92 Å². The molecule has 22 heavy (non-hydrogen) atoms. The molecule has 1 aliphatic carbocycles. The monoisotopic (exact) mass is 322 g/mol. The van der Waals surface area contributed by atoms with Crippen LogP contribution in [0.25, 0.3) is 0 Å². The summed E-state index contributed by atoms with van der Waals surface area (Å²) in [4.78, 5) is 34.6. The zero-order chi connectivity index (χ0) is 16.1. The minimum absolute atomic E-state index is 0.179.